The maximum atomic E-state index is 12.0. The number of hydrogen-bond donors (Lipinski definition) is 3. The van der Waals surface area contributed by atoms with E-state index in [1.165, 1.54) is 0 Å². The number of carbonyl (C=O) groups is 2. The Bertz CT molecular complexity index is 696. The fourth-order valence-corrected chi connectivity index (χ4v) is 2.38. The number of Topliss-reactive ketones (excluding diaryl/α,β-unsaturated/α-hetero) is 1. The highest BCUT2D eigenvalue weighted by molar-refractivity contribution is 5.93. The molecule has 2 aromatic carbocycles. The molecule has 132 valence electrons. The monoisotopic (exact) mass is 342 g/mol. The van der Waals surface area contributed by atoms with Crippen LogP contribution < -0.4 is 15.5 Å². The molecule has 0 spiro atoms. The van der Waals surface area contributed by atoms with Crippen molar-refractivity contribution in [3.63, 3.8) is 0 Å². The van der Waals surface area contributed by atoms with Gasteiger partial charge in [-0.3, -0.25) is 14.8 Å². The first kappa shape index (κ1) is 18.6. The van der Waals surface area contributed by atoms with E-state index in [1.807, 2.05) is 36.4 Å². The molecule has 0 atom stereocenters. The number of rotatable bonds is 9. The molecule has 0 saturated carbocycles. The van der Waals surface area contributed by atoms with Crippen LogP contribution in [0.15, 0.2) is 48.5 Å². The standard InChI is InChI=1S/C19H22N2O4/c1-25-18-8-4-15(5-9-18)12-17(22)13-20-11-10-14-2-6-16(7-3-14)19(23)21-24/h2-9,20,24H,10-13H2,1H3,(H,21,23). The minimum atomic E-state index is -0.534. The van der Waals surface area contributed by atoms with Gasteiger partial charge in [0.1, 0.15) is 5.75 Å². The number of carbonyl (C=O) groups excluding carboxylic acids is 2. The van der Waals surface area contributed by atoms with Gasteiger partial charge < -0.3 is 10.1 Å². The van der Waals surface area contributed by atoms with Crippen molar-refractivity contribution in [2.24, 2.45) is 0 Å². The first-order valence-corrected chi connectivity index (χ1v) is 8.01. The van der Waals surface area contributed by atoms with Gasteiger partial charge >= 0.3 is 0 Å². The van der Waals surface area contributed by atoms with Crippen LogP contribution in [-0.2, 0) is 17.6 Å². The van der Waals surface area contributed by atoms with Crippen molar-refractivity contribution in [2.45, 2.75) is 12.8 Å². The summed E-state index contributed by atoms with van der Waals surface area (Å²) in [6, 6.07) is 14.4. The van der Waals surface area contributed by atoms with E-state index in [0.717, 1.165) is 23.3 Å². The van der Waals surface area contributed by atoms with Crippen LogP contribution in [-0.4, -0.2) is 37.1 Å². The van der Waals surface area contributed by atoms with Crippen LogP contribution in [0.1, 0.15) is 21.5 Å². The molecule has 3 N–H and O–H groups in total. The topological polar surface area (TPSA) is 87.7 Å². The summed E-state index contributed by atoms with van der Waals surface area (Å²) in [4.78, 5) is 23.2. The predicted molar refractivity (Wildman–Crippen MR) is 94.0 cm³/mol. The van der Waals surface area contributed by atoms with Gasteiger partial charge in [-0.25, -0.2) is 5.48 Å². The molecule has 0 fully saturated rings. The SMILES string of the molecule is COc1ccc(CC(=O)CNCCc2ccc(C(=O)NO)cc2)cc1. The Morgan fingerprint density at radius 1 is 1.00 bits per heavy atom. The summed E-state index contributed by atoms with van der Waals surface area (Å²) >= 11 is 0. The summed E-state index contributed by atoms with van der Waals surface area (Å²) in [5.41, 5.74) is 4.00. The molecule has 0 bridgehead atoms. The van der Waals surface area contributed by atoms with Crippen molar-refractivity contribution in [1.29, 1.82) is 0 Å². The summed E-state index contributed by atoms with van der Waals surface area (Å²) in [5, 5.41) is 11.7. The van der Waals surface area contributed by atoms with Gasteiger partial charge in [-0.2, -0.15) is 0 Å². The number of amides is 1. The lowest BCUT2D eigenvalue weighted by atomic mass is 10.1. The molecule has 0 aliphatic carbocycles. The van der Waals surface area contributed by atoms with E-state index in [0.29, 0.717) is 25.1 Å². The van der Waals surface area contributed by atoms with Gasteiger partial charge in [0.25, 0.3) is 5.91 Å². The van der Waals surface area contributed by atoms with Crippen LogP contribution in [0.4, 0.5) is 0 Å². The number of benzene rings is 2. The molecule has 0 unspecified atom stereocenters. The highest BCUT2D eigenvalue weighted by Crippen LogP contribution is 2.11. The van der Waals surface area contributed by atoms with Crippen LogP contribution in [0.25, 0.3) is 0 Å². The highest BCUT2D eigenvalue weighted by Gasteiger charge is 2.05. The molecule has 0 aromatic heterocycles. The smallest absolute Gasteiger partial charge is 0.274 e. The number of ketones is 1. The Balaban J connectivity index is 1.69. The van der Waals surface area contributed by atoms with Crippen molar-refractivity contribution in [1.82, 2.24) is 10.8 Å². The van der Waals surface area contributed by atoms with Crippen LogP contribution in [0.5, 0.6) is 5.75 Å². The molecule has 0 heterocycles. The lowest BCUT2D eigenvalue weighted by Gasteiger charge is -2.06. The number of methoxy groups -OCH3 is 1. The third-order valence-electron chi connectivity index (χ3n) is 3.79. The summed E-state index contributed by atoms with van der Waals surface area (Å²) in [5.74, 6) is 0.366. The van der Waals surface area contributed by atoms with Crippen LogP contribution in [0, 0.1) is 0 Å². The third kappa shape index (κ3) is 6.02. The van der Waals surface area contributed by atoms with Gasteiger partial charge in [-0.1, -0.05) is 24.3 Å². The van der Waals surface area contributed by atoms with Crippen molar-refractivity contribution in [3.8, 4) is 5.75 Å². The number of hydrogen-bond acceptors (Lipinski definition) is 5. The molecule has 25 heavy (non-hydrogen) atoms. The molecule has 1 amide bonds. The number of hydroxylamine groups is 1. The number of nitrogens with one attached hydrogen (secondary N) is 2. The second-order valence-corrected chi connectivity index (χ2v) is 5.63. The van der Waals surface area contributed by atoms with Crippen LogP contribution in [0.2, 0.25) is 0 Å². The van der Waals surface area contributed by atoms with Gasteiger partial charge in [-0.15, -0.1) is 0 Å². The average Bonchev–Trinajstić information content (AvgIpc) is 2.65. The van der Waals surface area contributed by atoms with Gasteiger partial charge in [0.15, 0.2) is 5.78 Å². The minimum Gasteiger partial charge on any atom is -0.497 e. The van der Waals surface area contributed by atoms with E-state index in [9.17, 15) is 9.59 Å². The Kier molecular flexibility index (Phi) is 7.13. The summed E-state index contributed by atoms with van der Waals surface area (Å²) in [6.45, 7) is 0.983. The van der Waals surface area contributed by atoms with E-state index >= 15 is 0 Å². The maximum Gasteiger partial charge on any atom is 0.274 e. The molecule has 0 aliphatic heterocycles. The van der Waals surface area contributed by atoms with Crippen molar-refractivity contribution >= 4 is 11.7 Å². The van der Waals surface area contributed by atoms with E-state index in [4.69, 9.17) is 9.94 Å². The largest absolute Gasteiger partial charge is 0.497 e. The van der Waals surface area contributed by atoms with Gasteiger partial charge in [0, 0.05) is 12.0 Å². The lowest BCUT2D eigenvalue weighted by molar-refractivity contribution is -0.117. The second-order valence-electron chi connectivity index (χ2n) is 5.63. The molecule has 0 radical (unpaired) electrons. The predicted octanol–water partition coefficient (Wildman–Crippen LogP) is 1.76. The molecule has 6 heteroatoms. The van der Waals surface area contributed by atoms with Crippen LogP contribution in [0.3, 0.4) is 0 Å². The highest BCUT2D eigenvalue weighted by atomic mass is 16.5. The number of ether oxygens (including phenoxy) is 1. The molecule has 2 aromatic rings. The Labute approximate surface area is 146 Å². The molecule has 2 rings (SSSR count). The van der Waals surface area contributed by atoms with E-state index in [1.54, 1.807) is 24.7 Å². The normalized spacial score (nSPS) is 10.3. The maximum absolute atomic E-state index is 12.0. The van der Waals surface area contributed by atoms with Crippen molar-refractivity contribution in [3.05, 3.63) is 65.2 Å². The quantitative estimate of drug-likeness (QED) is 0.367. The van der Waals surface area contributed by atoms with Crippen molar-refractivity contribution < 1.29 is 19.5 Å². The zero-order valence-electron chi connectivity index (χ0n) is 14.1. The molecular formula is C19H22N2O4. The van der Waals surface area contributed by atoms with Crippen molar-refractivity contribution in [2.75, 3.05) is 20.2 Å². The van der Waals surface area contributed by atoms with Gasteiger partial charge in [-0.05, 0) is 48.4 Å². The van der Waals surface area contributed by atoms with E-state index in [-0.39, 0.29) is 5.78 Å². The fourth-order valence-electron chi connectivity index (χ4n) is 2.38. The lowest BCUT2D eigenvalue weighted by Crippen LogP contribution is -2.26. The van der Waals surface area contributed by atoms with Gasteiger partial charge in [0.05, 0.1) is 13.7 Å². The second kappa shape index (κ2) is 9.56. The van der Waals surface area contributed by atoms with Gasteiger partial charge in [0.2, 0.25) is 0 Å². The molecule has 0 saturated heterocycles. The molecule has 6 nitrogen and oxygen atoms in total. The third-order valence-corrected chi connectivity index (χ3v) is 3.79. The molecule has 0 aliphatic rings. The average molecular weight is 342 g/mol. The van der Waals surface area contributed by atoms with E-state index in [2.05, 4.69) is 5.32 Å². The van der Waals surface area contributed by atoms with E-state index < -0.39 is 5.91 Å². The first-order valence-electron chi connectivity index (χ1n) is 8.01. The van der Waals surface area contributed by atoms with Crippen LogP contribution >= 0.6 is 0 Å². The zero-order valence-corrected chi connectivity index (χ0v) is 14.1. The first-order chi connectivity index (χ1) is 12.1. The summed E-state index contributed by atoms with van der Waals surface area (Å²) in [6.07, 6.45) is 1.14. The minimum absolute atomic E-state index is 0.125. The Morgan fingerprint density at radius 2 is 1.64 bits per heavy atom. The summed E-state index contributed by atoms with van der Waals surface area (Å²) in [7, 11) is 1.61. The Morgan fingerprint density at radius 3 is 2.24 bits per heavy atom. The zero-order chi connectivity index (χ0) is 18.1. The fraction of sp³-hybridized carbons (Fsp3) is 0.263. The molecular weight excluding hydrogens is 320 g/mol. The summed E-state index contributed by atoms with van der Waals surface area (Å²) < 4.78 is 5.09. The Hall–Kier alpha value is -2.70.